The Morgan fingerprint density at radius 3 is 1.88 bits per heavy atom. The molecule has 0 bridgehead atoms. The molecule has 5 rings (SSSR count). The van der Waals surface area contributed by atoms with Gasteiger partial charge in [-0.2, -0.15) is 0 Å². The molecule has 0 aliphatic heterocycles. The second kappa shape index (κ2) is 13.8. The van der Waals surface area contributed by atoms with Gasteiger partial charge in [0.25, 0.3) is 5.91 Å². The van der Waals surface area contributed by atoms with Crippen LogP contribution in [0.1, 0.15) is 54.6 Å². The Kier molecular flexibility index (Phi) is 9.45. The number of Topliss-reactive ketones (excluding diaryl/α,β-unsaturated/α-hetero) is 1. The zero-order chi connectivity index (χ0) is 30.2. The molecule has 216 valence electrons. The smallest absolute Gasteiger partial charge is 0.254 e. The van der Waals surface area contributed by atoms with Crippen LogP contribution in [0, 0.1) is 13.8 Å². The van der Waals surface area contributed by atoms with Crippen LogP contribution in [0.2, 0.25) is 0 Å². The van der Waals surface area contributed by atoms with E-state index in [1.165, 1.54) is 0 Å². The first-order chi connectivity index (χ1) is 20.9. The van der Waals surface area contributed by atoms with Crippen molar-refractivity contribution in [2.45, 2.75) is 32.9 Å². The summed E-state index contributed by atoms with van der Waals surface area (Å²) in [6, 6.07) is 39.4. The minimum Gasteiger partial charge on any atom is -0.457 e. The Morgan fingerprint density at radius 1 is 0.674 bits per heavy atom. The zero-order valence-corrected chi connectivity index (χ0v) is 24.4. The van der Waals surface area contributed by atoms with E-state index in [-0.39, 0.29) is 11.7 Å². The lowest BCUT2D eigenvalue weighted by molar-refractivity contribution is 0.0738. The summed E-state index contributed by atoms with van der Waals surface area (Å²) in [7, 11) is 0. The van der Waals surface area contributed by atoms with Crippen LogP contribution >= 0.6 is 0 Å². The van der Waals surface area contributed by atoms with Crippen molar-refractivity contribution in [3.8, 4) is 11.5 Å². The second-order valence-corrected chi connectivity index (χ2v) is 10.7. The third kappa shape index (κ3) is 7.45. The quantitative estimate of drug-likeness (QED) is 0.164. The van der Waals surface area contributed by atoms with Gasteiger partial charge in [-0.15, -0.1) is 0 Å². The number of carbonyl (C=O) groups is 2. The Bertz CT molecular complexity index is 1640. The lowest BCUT2D eigenvalue weighted by Crippen LogP contribution is -2.32. The molecule has 43 heavy (non-hydrogen) atoms. The van der Waals surface area contributed by atoms with Crippen LogP contribution in [0.3, 0.4) is 0 Å². The Hall–Kier alpha value is -5.00. The first-order valence-corrected chi connectivity index (χ1v) is 14.4. The number of aliphatic hydroxyl groups is 1. The van der Waals surface area contributed by atoms with Crippen molar-refractivity contribution in [3.63, 3.8) is 0 Å². The molecule has 0 radical (unpaired) electrons. The summed E-state index contributed by atoms with van der Waals surface area (Å²) in [5.74, 6) is 1.04. The van der Waals surface area contributed by atoms with Gasteiger partial charge in [-0.1, -0.05) is 103 Å². The fourth-order valence-electron chi connectivity index (χ4n) is 5.03. The number of amides is 1. The van der Waals surface area contributed by atoms with Crippen LogP contribution in [0.15, 0.2) is 127 Å². The summed E-state index contributed by atoms with van der Waals surface area (Å²) in [6.07, 6.45) is -0.516. The number of hydrogen-bond acceptors (Lipinski definition) is 4. The maximum atomic E-state index is 13.8. The highest BCUT2D eigenvalue weighted by Gasteiger charge is 2.20. The summed E-state index contributed by atoms with van der Waals surface area (Å²) >= 11 is 0. The van der Waals surface area contributed by atoms with Gasteiger partial charge in [0.15, 0.2) is 5.78 Å². The van der Waals surface area contributed by atoms with Crippen molar-refractivity contribution in [1.29, 1.82) is 0 Å². The van der Waals surface area contributed by atoms with Crippen LogP contribution in [0.4, 0.5) is 0 Å². The average molecular weight is 570 g/mol. The van der Waals surface area contributed by atoms with Gasteiger partial charge in [-0.3, -0.25) is 9.59 Å². The minimum atomic E-state index is -1.22. The minimum absolute atomic E-state index is 0.0887. The van der Waals surface area contributed by atoms with E-state index >= 15 is 0 Å². The fraction of sp³-hybridized carbons (Fsp3) is 0.158. The highest BCUT2D eigenvalue weighted by molar-refractivity contribution is 6.00. The van der Waals surface area contributed by atoms with Crippen molar-refractivity contribution >= 4 is 11.7 Å². The van der Waals surface area contributed by atoms with Crippen molar-refractivity contribution in [3.05, 3.63) is 166 Å². The average Bonchev–Trinajstić information content (AvgIpc) is 3.05. The van der Waals surface area contributed by atoms with Crippen LogP contribution < -0.4 is 4.74 Å². The SMILES string of the molecule is Cc1cccc(C)c1Oc1ccc(C(=O)N(CCc2ccccc2)Cc2ccc(C(=O)C(O)c3ccccc3)cc2)cc1. The highest BCUT2D eigenvalue weighted by Crippen LogP contribution is 2.29. The molecule has 0 aliphatic carbocycles. The number of benzene rings is 5. The summed E-state index contributed by atoms with van der Waals surface area (Å²) in [4.78, 5) is 28.5. The number of carbonyl (C=O) groups excluding carboxylic acids is 2. The molecule has 0 spiro atoms. The molecule has 0 saturated carbocycles. The first-order valence-electron chi connectivity index (χ1n) is 14.4. The first kappa shape index (κ1) is 29.5. The van der Waals surface area contributed by atoms with E-state index in [4.69, 9.17) is 4.74 Å². The molecule has 5 aromatic rings. The topological polar surface area (TPSA) is 66.8 Å². The molecule has 1 amide bonds. The van der Waals surface area contributed by atoms with Gasteiger partial charge >= 0.3 is 0 Å². The second-order valence-electron chi connectivity index (χ2n) is 10.7. The molecule has 1 unspecified atom stereocenters. The zero-order valence-electron chi connectivity index (χ0n) is 24.4. The summed E-state index contributed by atoms with van der Waals surface area (Å²) in [6.45, 7) is 4.93. The van der Waals surface area contributed by atoms with Gasteiger partial charge in [0.2, 0.25) is 0 Å². The maximum Gasteiger partial charge on any atom is 0.254 e. The number of rotatable bonds is 11. The van der Waals surface area contributed by atoms with E-state index < -0.39 is 6.10 Å². The van der Waals surface area contributed by atoms with E-state index in [1.807, 2.05) is 85.5 Å². The Morgan fingerprint density at radius 2 is 1.26 bits per heavy atom. The molecule has 5 heteroatoms. The number of aryl methyl sites for hydroxylation is 2. The summed E-state index contributed by atoms with van der Waals surface area (Å²) in [5, 5.41) is 10.6. The van der Waals surface area contributed by atoms with E-state index in [0.717, 1.165) is 28.0 Å². The Balaban J connectivity index is 1.32. The predicted molar refractivity (Wildman–Crippen MR) is 169 cm³/mol. The van der Waals surface area contributed by atoms with Gasteiger partial charge in [0.1, 0.15) is 17.6 Å². The molecule has 0 heterocycles. The molecule has 0 fully saturated rings. The molecule has 0 aromatic heterocycles. The summed E-state index contributed by atoms with van der Waals surface area (Å²) in [5.41, 5.74) is 5.68. The molecule has 5 nitrogen and oxygen atoms in total. The molecular formula is C38H35NO4. The van der Waals surface area contributed by atoms with Crippen molar-refractivity contribution in [2.24, 2.45) is 0 Å². The lowest BCUT2D eigenvalue weighted by Gasteiger charge is -2.23. The van der Waals surface area contributed by atoms with E-state index in [9.17, 15) is 14.7 Å². The van der Waals surface area contributed by atoms with Gasteiger partial charge < -0.3 is 14.7 Å². The van der Waals surface area contributed by atoms with Gasteiger partial charge in [-0.25, -0.2) is 0 Å². The van der Waals surface area contributed by atoms with Gasteiger partial charge in [0.05, 0.1) is 0 Å². The summed E-state index contributed by atoms with van der Waals surface area (Å²) < 4.78 is 6.14. The van der Waals surface area contributed by atoms with Gasteiger partial charge in [0, 0.05) is 24.2 Å². The van der Waals surface area contributed by atoms with E-state index in [0.29, 0.717) is 42.0 Å². The van der Waals surface area contributed by atoms with Crippen LogP contribution in [0.25, 0.3) is 0 Å². The maximum absolute atomic E-state index is 13.8. The molecular weight excluding hydrogens is 534 g/mol. The number of nitrogens with zero attached hydrogens (tertiary/aromatic N) is 1. The van der Waals surface area contributed by atoms with Crippen molar-refractivity contribution in [2.75, 3.05) is 6.54 Å². The van der Waals surface area contributed by atoms with Crippen molar-refractivity contribution in [1.82, 2.24) is 4.90 Å². The number of aliphatic hydroxyl groups excluding tert-OH is 1. The number of para-hydroxylation sites is 1. The molecule has 0 aliphatic rings. The number of hydrogen-bond donors (Lipinski definition) is 1. The monoisotopic (exact) mass is 569 g/mol. The lowest BCUT2D eigenvalue weighted by atomic mass is 9.99. The van der Waals surface area contributed by atoms with E-state index in [2.05, 4.69) is 12.1 Å². The highest BCUT2D eigenvalue weighted by atomic mass is 16.5. The Labute approximate surface area is 253 Å². The fourth-order valence-corrected chi connectivity index (χ4v) is 5.03. The van der Waals surface area contributed by atoms with Gasteiger partial charge in [-0.05, 0) is 72.4 Å². The third-order valence-corrected chi connectivity index (χ3v) is 7.51. The normalized spacial score (nSPS) is 11.5. The van der Waals surface area contributed by atoms with Crippen LogP contribution in [-0.2, 0) is 13.0 Å². The van der Waals surface area contributed by atoms with Crippen molar-refractivity contribution < 1.29 is 19.4 Å². The predicted octanol–water partition coefficient (Wildman–Crippen LogP) is 7.90. The number of ketones is 1. The number of ether oxygens (including phenoxy) is 1. The third-order valence-electron chi connectivity index (χ3n) is 7.51. The van der Waals surface area contributed by atoms with Crippen LogP contribution in [0.5, 0.6) is 11.5 Å². The molecule has 0 saturated heterocycles. The molecule has 1 atom stereocenters. The molecule has 5 aromatic carbocycles. The largest absolute Gasteiger partial charge is 0.457 e. The standard InChI is InChI=1S/C38H35NO4/c1-27-10-9-11-28(2)37(27)43-34-22-20-33(21-23-34)38(42)39(25-24-29-12-5-3-6-13-29)26-30-16-18-32(19-17-30)36(41)35(40)31-14-7-4-8-15-31/h3-23,35,40H,24-26H2,1-2H3. The molecule has 1 N–H and O–H groups in total. The van der Waals surface area contributed by atoms with E-state index in [1.54, 1.807) is 48.5 Å². The van der Waals surface area contributed by atoms with Crippen LogP contribution in [-0.4, -0.2) is 28.2 Å².